The van der Waals surface area contributed by atoms with Crippen molar-refractivity contribution >= 4 is 35.4 Å². The smallest absolute Gasteiger partial charge is 0.213 e. The molecule has 1 aromatic carbocycles. The summed E-state index contributed by atoms with van der Waals surface area (Å²) in [6.45, 7) is 1.73. The fourth-order valence-corrected chi connectivity index (χ4v) is 2.78. The molecule has 0 aliphatic carbocycles. The van der Waals surface area contributed by atoms with Gasteiger partial charge in [0, 0.05) is 15.5 Å². The summed E-state index contributed by atoms with van der Waals surface area (Å²) < 4.78 is 5.66. The number of carboxylic acids is 1. The van der Waals surface area contributed by atoms with Crippen molar-refractivity contribution in [1.29, 1.82) is 0 Å². The van der Waals surface area contributed by atoms with E-state index in [2.05, 4.69) is 15.2 Å². The number of nitrogens with zero attached hydrogens (tertiary/aromatic N) is 2. The van der Waals surface area contributed by atoms with Crippen molar-refractivity contribution in [2.45, 2.75) is 12.1 Å². The third kappa shape index (κ3) is 3.87. The zero-order chi connectivity index (χ0) is 17.1. The van der Waals surface area contributed by atoms with E-state index in [1.165, 1.54) is 6.08 Å². The van der Waals surface area contributed by atoms with Crippen LogP contribution in [-0.2, 0) is 4.79 Å². The minimum absolute atomic E-state index is 0.0500. The highest BCUT2D eigenvalue weighted by Gasteiger charge is 2.09. The summed E-state index contributed by atoms with van der Waals surface area (Å²) in [5.41, 5.74) is 0.839. The molecule has 0 saturated carbocycles. The van der Waals surface area contributed by atoms with Gasteiger partial charge in [0.15, 0.2) is 0 Å². The van der Waals surface area contributed by atoms with Gasteiger partial charge in [0.05, 0.1) is 5.97 Å². The third-order valence-corrected chi connectivity index (χ3v) is 4.13. The van der Waals surface area contributed by atoms with Gasteiger partial charge < -0.3 is 14.3 Å². The number of nitrogens with one attached hydrogen (secondary N) is 1. The standard InChI is InChI=1S/C16H12ClN3O3S/c1-9-18-16(20-19-9)24-14(15(21)22)8-12-6-7-13(23-12)10-2-4-11(17)5-3-10/h2-8H,1H3,(H,21,22)(H,18,19,20)/p-1/b14-8+. The number of hydrogen-bond acceptors (Lipinski definition) is 6. The average molecular weight is 361 g/mol. The molecule has 0 fully saturated rings. The number of carbonyl (C=O) groups is 1. The van der Waals surface area contributed by atoms with Crippen molar-refractivity contribution in [2.75, 3.05) is 0 Å². The van der Waals surface area contributed by atoms with Gasteiger partial charge in [-0.3, -0.25) is 5.10 Å². The Morgan fingerprint density at radius 1 is 1.29 bits per heavy atom. The molecule has 0 amide bonds. The number of aromatic nitrogens is 3. The molecule has 0 saturated heterocycles. The molecular weight excluding hydrogens is 350 g/mol. The molecule has 0 radical (unpaired) electrons. The van der Waals surface area contributed by atoms with Gasteiger partial charge >= 0.3 is 0 Å². The van der Waals surface area contributed by atoms with Crippen LogP contribution in [0.3, 0.4) is 0 Å². The van der Waals surface area contributed by atoms with Crippen LogP contribution in [0.25, 0.3) is 17.4 Å². The molecule has 2 heterocycles. The molecule has 6 nitrogen and oxygen atoms in total. The Hall–Kier alpha value is -2.51. The number of rotatable bonds is 5. The minimum Gasteiger partial charge on any atom is -0.544 e. The van der Waals surface area contributed by atoms with Gasteiger partial charge in [0.1, 0.15) is 17.3 Å². The second-order valence-electron chi connectivity index (χ2n) is 4.81. The molecule has 0 unspecified atom stereocenters. The fourth-order valence-electron chi connectivity index (χ4n) is 1.93. The van der Waals surface area contributed by atoms with Gasteiger partial charge in [0.25, 0.3) is 0 Å². The van der Waals surface area contributed by atoms with Crippen molar-refractivity contribution in [3.8, 4) is 11.3 Å². The number of aryl methyl sites for hydroxylation is 1. The van der Waals surface area contributed by atoms with Gasteiger partial charge in [0.2, 0.25) is 5.16 Å². The van der Waals surface area contributed by atoms with Crippen LogP contribution in [-0.4, -0.2) is 21.2 Å². The molecule has 24 heavy (non-hydrogen) atoms. The number of hydrogen-bond donors (Lipinski definition) is 1. The van der Waals surface area contributed by atoms with E-state index in [1.54, 1.807) is 31.2 Å². The van der Waals surface area contributed by atoms with Gasteiger partial charge in [-0.1, -0.05) is 11.6 Å². The number of aliphatic carboxylic acids is 1. The number of halogens is 1. The summed E-state index contributed by atoms with van der Waals surface area (Å²) in [6, 6.07) is 10.6. The number of benzene rings is 1. The molecule has 122 valence electrons. The molecule has 0 aliphatic heterocycles. The van der Waals surface area contributed by atoms with E-state index < -0.39 is 5.97 Å². The van der Waals surface area contributed by atoms with Crippen LogP contribution < -0.4 is 5.11 Å². The minimum atomic E-state index is -1.33. The zero-order valence-corrected chi connectivity index (χ0v) is 14.0. The summed E-state index contributed by atoms with van der Waals surface area (Å²) in [4.78, 5) is 15.3. The molecule has 3 aromatic rings. The highest BCUT2D eigenvalue weighted by Crippen LogP contribution is 2.28. The third-order valence-electron chi connectivity index (χ3n) is 3.01. The first kappa shape index (κ1) is 16.4. The molecule has 0 atom stereocenters. The van der Waals surface area contributed by atoms with Crippen LogP contribution in [0.2, 0.25) is 5.02 Å². The summed E-state index contributed by atoms with van der Waals surface area (Å²) in [6.07, 6.45) is 1.38. The fraction of sp³-hybridized carbons (Fsp3) is 0.0625. The van der Waals surface area contributed by atoms with E-state index in [4.69, 9.17) is 16.0 Å². The summed E-state index contributed by atoms with van der Waals surface area (Å²) in [5, 5.41) is 18.8. The highest BCUT2D eigenvalue weighted by molar-refractivity contribution is 8.04. The quantitative estimate of drug-likeness (QED) is 0.555. The Morgan fingerprint density at radius 3 is 2.67 bits per heavy atom. The first-order chi connectivity index (χ1) is 11.5. The second-order valence-corrected chi connectivity index (χ2v) is 6.26. The zero-order valence-electron chi connectivity index (χ0n) is 12.4. The van der Waals surface area contributed by atoms with Gasteiger partial charge in [-0.15, -0.1) is 5.10 Å². The van der Waals surface area contributed by atoms with Crippen molar-refractivity contribution in [3.05, 3.63) is 57.9 Å². The predicted octanol–water partition coefficient (Wildman–Crippen LogP) is 2.91. The largest absolute Gasteiger partial charge is 0.544 e. The Kier molecular flexibility index (Phi) is 4.73. The van der Waals surface area contributed by atoms with Crippen LogP contribution in [0.4, 0.5) is 0 Å². The second kappa shape index (κ2) is 6.94. The van der Waals surface area contributed by atoms with Gasteiger partial charge in [-0.2, -0.15) is 0 Å². The number of carboxylic acid groups (broad SMARTS) is 1. The van der Waals surface area contributed by atoms with Crippen molar-refractivity contribution in [3.63, 3.8) is 0 Å². The van der Waals surface area contributed by atoms with Crippen LogP contribution in [0.15, 0.2) is 50.9 Å². The highest BCUT2D eigenvalue weighted by atomic mass is 35.5. The maximum atomic E-state index is 11.3. The molecule has 2 aromatic heterocycles. The lowest BCUT2D eigenvalue weighted by Crippen LogP contribution is -2.23. The summed E-state index contributed by atoms with van der Waals surface area (Å²) >= 11 is 6.74. The number of carbonyl (C=O) groups excluding carboxylic acids is 1. The van der Waals surface area contributed by atoms with Crippen molar-refractivity contribution in [2.24, 2.45) is 0 Å². The monoisotopic (exact) mass is 360 g/mol. The lowest BCUT2D eigenvalue weighted by atomic mass is 10.2. The molecule has 1 N–H and O–H groups in total. The number of furan rings is 1. The number of thioether (sulfide) groups is 1. The molecule has 0 spiro atoms. The van der Waals surface area contributed by atoms with Gasteiger partial charge in [-0.05, 0) is 61.2 Å². The van der Waals surface area contributed by atoms with E-state index in [0.717, 1.165) is 17.3 Å². The average Bonchev–Trinajstić information content (AvgIpc) is 3.17. The van der Waals surface area contributed by atoms with Crippen molar-refractivity contribution < 1.29 is 14.3 Å². The van der Waals surface area contributed by atoms with E-state index in [1.807, 2.05) is 12.1 Å². The lowest BCUT2D eigenvalue weighted by Gasteiger charge is -2.04. The number of aromatic amines is 1. The van der Waals surface area contributed by atoms with Crippen LogP contribution in [0.5, 0.6) is 0 Å². The first-order valence-corrected chi connectivity index (χ1v) is 8.06. The molecular formula is C16H11ClN3O3S-. The molecule has 0 aliphatic rings. The lowest BCUT2D eigenvalue weighted by molar-refractivity contribution is -0.298. The molecule has 3 rings (SSSR count). The van der Waals surface area contributed by atoms with Gasteiger partial charge in [-0.25, -0.2) is 4.98 Å². The molecule has 8 heteroatoms. The Bertz CT molecular complexity index is 899. The van der Waals surface area contributed by atoms with E-state index in [9.17, 15) is 9.90 Å². The van der Waals surface area contributed by atoms with Crippen LogP contribution in [0, 0.1) is 6.92 Å². The SMILES string of the molecule is Cc1nc(S/C(=C/c2ccc(-c3ccc(Cl)cc3)o2)C(=O)[O-])n[nH]1. The van der Waals surface area contributed by atoms with E-state index >= 15 is 0 Å². The van der Waals surface area contributed by atoms with E-state index in [0.29, 0.717) is 27.5 Å². The maximum Gasteiger partial charge on any atom is 0.213 e. The predicted molar refractivity (Wildman–Crippen MR) is 89.1 cm³/mol. The van der Waals surface area contributed by atoms with E-state index in [-0.39, 0.29) is 4.91 Å². The normalized spacial score (nSPS) is 11.7. The van der Waals surface area contributed by atoms with Crippen LogP contribution in [0.1, 0.15) is 11.6 Å². The topological polar surface area (TPSA) is 94.8 Å². The van der Waals surface area contributed by atoms with Crippen LogP contribution >= 0.6 is 23.4 Å². The number of H-pyrrole nitrogens is 1. The van der Waals surface area contributed by atoms with Crippen molar-refractivity contribution in [1.82, 2.24) is 15.2 Å². The Labute approximate surface area is 146 Å². The summed E-state index contributed by atoms with van der Waals surface area (Å²) in [5.74, 6) is 0.262. The first-order valence-electron chi connectivity index (χ1n) is 6.87. The maximum absolute atomic E-state index is 11.3. The Morgan fingerprint density at radius 2 is 2.04 bits per heavy atom. The summed E-state index contributed by atoms with van der Waals surface area (Å²) in [7, 11) is 0. The Balaban J connectivity index is 1.85. The molecule has 0 bridgehead atoms.